The summed E-state index contributed by atoms with van der Waals surface area (Å²) in [5.41, 5.74) is 5.53. The third kappa shape index (κ3) is 2.08. The molecule has 0 aliphatic rings. The van der Waals surface area contributed by atoms with Crippen molar-refractivity contribution in [2.24, 2.45) is 0 Å². The van der Waals surface area contributed by atoms with Gasteiger partial charge < -0.3 is 15.0 Å². The number of rotatable bonds is 4. The van der Waals surface area contributed by atoms with Gasteiger partial charge in [-0.25, -0.2) is 0 Å². The number of nitrogen functional groups attached to an aromatic ring is 1. The minimum atomic E-state index is -0.534. The van der Waals surface area contributed by atoms with Gasteiger partial charge in [-0.3, -0.25) is 10.1 Å². The Kier molecular flexibility index (Phi) is 3.09. The molecule has 18 heavy (non-hydrogen) atoms. The third-order valence-corrected chi connectivity index (χ3v) is 2.15. The predicted molar refractivity (Wildman–Crippen MR) is 62.0 cm³/mol. The van der Waals surface area contributed by atoms with E-state index in [0.29, 0.717) is 5.56 Å². The number of para-hydroxylation sites is 1. The highest BCUT2D eigenvalue weighted by molar-refractivity contribution is 5.70. The largest absolute Gasteiger partial charge is 0.487 e. The Morgan fingerprint density at radius 1 is 1.56 bits per heavy atom. The molecule has 94 valence electrons. The van der Waals surface area contributed by atoms with Crippen molar-refractivity contribution < 1.29 is 14.2 Å². The quantitative estimate of drug-likeness (QED) is 0.647. The zero-order valence-electron chi connectivity index (χ0n) is 9.49. The average Bonchev–Trinajstić information content (AvgIpc) is 2.76. The molecule has 0 unspecified atom stereocenters. The number of aromatic nitrogens is 2. The lowest BCUT2D eigenvalue weighted by atomic mass is 10.1. The van der Waals surface area contributed by atoms with Gasteiger partial charge in [-0.05, 0) is 18.1 Å². The molecule has 0 saturated carbocycles. The number of hydrogen-bond acceptors (Lipinski definition) is 7. The van der Waals surface area contributed by atoms with Crippen molar-refractivity contribution in [1.29, 1.82) is 0 Å². The molecule has 2 N–H and O–H groups in total. The zero-order valence-corrected chi connectivity index (χ0v) is 9.49. The van der Waals surface area contributed by atoms with Gasteiger partial charge in [0.05, 0.1) is 17.1 Å². The molecule has 0 radical (unpaired) electrons. The van der Waals surface area contributed by atoms with E-state index in [4.69, 9.17) is 15.0 Å². The summed E-state index contributed by atoms with van der Waals surface area (Å²) in [4.78, 5) is 14.2. The summed E-state index contributed by atoms with van der Waals surface area (Å²) in [6.07, 6.45) is 0. The first kappa shape index (κ1) is 11.8. The molecular formula is C10H10N4O4. The molecule has 0 bridgehead atoms. The minimum Gasteiger partial charge on any atom is -0.487 e. The molecule has 0 spiro atoms. The van der Waals surface area contributed by atoms with Crippen molar-refractivity contribution in [3.63, 3.8) is 0 Å². The normalized spacial score (nSPS) is 10.3. The summed E-state index contributed by atoms with van der Waals surface area (Å²) >= 11 is 0. The number of nitrogens with zero attached hydrogens (tertiary/aromatic N) is 3. The van der Waals surface area contributed by atoms with Gasteiger partial charge in [0, 0.05) is 6.07 Å². The van der Waals surface area contributed by atoms with E-state index in [1.54, 1.807) is 13.0 Å². The fourth-order valence-corrected chi connectivity index (χ4v) is 1.48. The summed E-state index contributed by atoms with van der Waals surface area (Å²) < 4.78 is 10.2. The van der Waals surface area contributed by atoms with Crippen molar-refractivity contribution in [3.05, 3.63) is 28.3 Å². The Morgan fingerprint density at radius 2 is 2.33 bits per heavy atom. The van der Waals surface area contributed by atoms with Gasteiger partial charge in [-0.2, -0.15) is 4.98 Å². The average molecular weight is 250 g/mol. The lowest BCUT2D eigenvalue weighted by molar-refractivity contribution is -0.385. The Bertz CT molecular complexity index is 581. The van der Waals surface area contributed by atoms with E-state index in [2.05, 4.69) is 10.1 Å². The summed E-state index contributed by atoms with van der Waals surface area (Å²) in [6, 6.07) is 4.44. The number of ether oxygens (including phenoxy) is 1. The van der Waals surface area contributed by atoms with Crippen molar-refractivity contribution in [2.45, 2.75) is 6.92 Å². The second-order valence-electron chi connectivity index (χ2n) is 3.30. The van der Waals surface area contributed by atoms with Gasteiger partial charge in [-0.15, -0.1) is 0 Å². The maximum Gasteiger partial charge on any atom is 0.311 e. The molecule has 8 nitrogen and oxygen atoms in total. The topological polar surface area (TPSA) is 117 Å². The first-order valence-electron chi connectivity index (χ1n) is 5.13. The van der Waals surface area contributed by atoms with Crippen LogP contribution in [0, 0.1) is 10.1 Å². The van der Waals surface area contributed by atoms with Gasteiger partial charge >= 0.3 is 5.69 Å². The molecule has 8 heteroatoms. The van der Waals surface area contributed by atoms with Gasteiger partial charge in [0.25, 0.3) is 11.8 Å². The molecule has 1 aromatic heterocycles. The van der Waals surface area contributed by atoms with Gasteiger partial charge in [-0.1, -0.05) is 6.07 Å². The molecule has 2 aromatic rings. The van der Waals surface area contributed by atoms with E-state index < -0.39 is 4.92 Å². The molecule has 0 fully saturated rings. The number of nitro groups is 1. The lowest BCUT2D eigenvalue weighted by Gasteiger charge is -2.07. The summed E-state index contributed by atoms with van der Waals surface area (Å²) in [6.45, 7) is 2.00. The SMILES string of the molecule is CCOc1c(-c2nc(N)no2)cccc1[N+](=O)[O-]. The fourth-order valence-electron chi connectivity index (χ4n) is 1.48. The maximum absolute atomic E-state index is 10.9. The van der Waals surface area contributed by atoms with Crippen LogP contribution in [0.15, 0.2) is 22.7 Å². The highest BCUT2D eigenvalue weighted by Crippen LogP contribution is 2.37. The van der Waals surface area contributed by atoms with Gasteiger partial charge in [0.2, 0.25) is 5.75 Å². The monoisotopic (exact) mass is 250 g/mol. The van der Waals surface area contributed by atoms with Crippen LogP contribution in [-0.2, 0) is 0 Å². The Hall–Kier alpha value is -2.64. The molecule has 1 heterocycles. The first-order valence-corrected chi connectivity index (χ1v) is 5.13. The summed E-state index contributed by atoms with van der Waals surface area (Å²) in [5.74, 6) is 0.132. The molecule has 0 amide bonds. The van der Waals surface area contributed by atoms with Gasteiger partial charge in [0.15, 0.2) is 0 Å². The van der Waals surface area contributed by atoms with E-state index in [1.165, 1.54) is 12.1 Å². The molecule has 1 aromatic carbocycles. The number of benzene rings is 1. The van der Waals surface area contributed by atoms with E-state index in [9.17, 15) is 10.1 Å². The van der Waals surface area contributed by atoms with Crippen LogP contribution < -0.4 is 10.5 Å². The first-order chi connectivity index (χ1) is 8.63. The molecule has 0 aliphatic heterocycles. The van der Waals surface area contributed by atoms with Crippen LogP contribution in [-0.4, -0.2) is 21.7 Å². The summed E-state index contributed by atoms with van der Waals surface area (Å²) in [7, 11) is 0. The zero-order chi connectivity index (χ0) is 13.1. The predicted octanol–water partition coefficient (Wildman–Crippen LogP) is 1.63. The number of anilines is 1. The molecular weight excluding hydrogens is 240 g/mol. The smallest absolute Gasteiger partial charge is 0.311 e. The van der Waals surface area contributed by atoms with Crippen molar-refractivity contribution in [1.82, 2.24) is 10.1 Å². The molecule has 2 rings (SSSR count). The molecule has 0 aliphatic carbocycles. The third-order valence-electron chi connectivity index (χ3n) is 2.15. The van der Waals surface area contributed by atoms with Gasteiger partial charge in [0.1, 0.15) is 0 Å². The van der Waals surface area contributed by atoms with Crippen LogP contribution in [0.1, 0.15) is 6.92 Å². The second kappa shape index (κ2) is 4.70. The van der Waals surface area contributed by atoms with Crippen molar-refractivity contribution in [2.75, 3.05) is 12.3 Å². The van der Waals surface area contributed by atoms with Crippen LogP contribution in [0.4, 0.5) is 11.6 Å². The van der Waals surface area contributed by atoms with Crippen LogP contribution in [0.3, 0.4) is 0 Å². The summed E-state index contributed by atoms with van der Waals surface area (Å²) in [5, 5.41) is 14.4. The van der Waals surface area contributed by atoms with Crippen LogP contribution in [0.2, 0.25) is 0 Å². The van der Waals surface area contributed by atoms with Crippen molar-refractivity contribution >= 4 is 11.6 Å². The van der Waals surface area contributed by atoms with E-state index >= 15 is 0 Å². The Labute approximate surface area is 102 Å². The van der Waals surface area contributed by atoms with Crippen LogP contribution in [0.25, 0.3) is 11.5 Å². The van der Waals surface area contributed by atoms with E-state index in [-0.39, 0.29) is 29.9 Å². The Balaban J connectivity index is 2.59. The standard InChI is InChI=1S/C10H10N4O4/c1-2-17-8-6(9-12-10(11)13-18-9)4-3-5-7(8)14(15)16/h3-5H,2H2,1H3,(H2,11,13). The van der Waals surface area contributed by atoms with Crippen LogP contribution in [0.5, 0.6) is 5.75 Å². The van der Waals surface area contributed by atoms with Crippen molar-refractivity contribution in [3.8, 4) is 17.2 Å². The molecule has 0 saturated heterocycles. The second-order valence-corrected chi connectivity index (χ2v) is 3.30. The minimum absolute atomic E-state index is 0.0426. The number of nitrogens with two attached hydrogens (primary N) is 1. The lowest BCUT2D eigenvalue weighted by Crippen LogP contribution is -1.99. The maximum atomic E-state index is 10.9. The number of nitro benzene ring substituents is 1. The van der Waals surface area contributed by atoms with E-state index in [1.807, 2.05) is 0 Å². The van der Waals surface area contributed by atoms with E-state index in [0.717, 1.165) is 0 Å². The molecule has 0 atom stereocenters. The number of hydrogen-bond donors (Lipinski definition) is 1. The highest BCUT2D eigenvalue weighted by Gasteiger charge is 2.22. The Morgan fingerprint density at radius 3 is 2.89 bits per heavy atom. The van der Waals surface area contributed by atoms with Crippen LogP contribution >= 0.6 is 0 Å². The fraction of sp³-hybridized carbons (Fsp3) is 0.200. The highest BCUT2D eigenvalue weighted by atomic mass is 16.6.